The van der Waals surface area contributed by atoms with Crippen LogP contribution in [0.5, 0.6) is 0 Å². The van der Waals surface area contributed by atoms with Crippen LogP contribution in [0.3, 0.4) is 0 Å². The van der Waals surface area contributed by atoms with E-state index in [1.165, 1.54) is 0 Å². The summed E-state index contributed by atoms with van der Waals surface area (Å²) < 4.78 is 1.74. The molecule has 2 rings (SSSR count). The van der Waals surface area contributed by atoms with Gasteiger partial charge in [-0.2, -0.15) is 0 Å². The van der Waals surface area contributed by atoms with E-state index < -0.39 is 0 Å². The van der Waals surface area contributed by atoms with E-state index in [0.29, 0.717) is 19.5 Å². The Bertz CT molecular complexity index is 497. The molecule has 2 N–H and O–H groups in total. The Morgan fingerprint density at radius 1 is 1.44 bits per heavy atom. The number of nitrogens with zero attached hydrogens (tertiary/aromatic N) is 4. The fourth-order valence-corrected chi connectivity index (χ4v) is 1.62. The van der Waals surface area contributed by atoms with Crippen molar-refractivity contribution < 1.29 is 5.11 Å². The minimum Gasteiger partial charge on any atom is -0.396 e. The third-order valence-electron chi connectivity index (χ3n) is 2.60. The molecule has 0 fully saturated rings. The summed E-state index contributed by atoms with van der Waals surface area (Å²) >= 11 is 0. The zero-order valence-electron chi connectivity index (χ0n) is 10.4. The molecule has 2 aromatic rings. The molecule has 0 aliphatic heterocycles. The topological polar surface area (TPSA) is 75.9 Å². The van der Waals surface area contributed by atoms with Crippen LogP contribution in [-0.4, -0.2) is 31.7 Å². The van der Waals surface area contributed by atoms with Gasteiger partial charge in [0.25, 0.3) is 0 Å². The Morgan fingerprint density at radius 2 is 2.33 bits per heavy atom. The lowest BCUT2D eigenvalue weighted by Gasteiger charge is -2.05. The van der Waals surface area contributed by atoms with Crippen molar-refractivity contribution in [2.75, 3.05) is 11.9 Å². The molecule has 0 aromatic carbocycles. The van der Waals surface area contributed by atoms with Crippen LogP contribution in [0.2, 0.25) is 0 Å². The van der Waals surface area contributed by atoms with Crippen LogP contribution in [-0.2, 0) is 13.1 Å². The van der Waals surface area contributed by atoms with E-state index in [-0.39, 0.29) is 6.61 Å². The van der Waals surface area contributed by atoms with Crippen molar-refractivity contribution >= 4 is 5.69 Å². The average molecular weight is 247 g/mol. The van der Waals surface area contributed by atoms with Crippen molar-refractivity contribution in [1.29, 1.82) is 0 Å². The number of rotatable bonds is 6. The number of aryl methyl sites for hydroxylation is 2. The molecular weight excluding hydrogens is 230 g/mol. The number of nitrogens with one attached hydrogen (secondary N) is 1. The number of aromatic nitrogens is 4. The molecule has 0 unspecified atom stereocenters. The number of aliphatic hydroxyl groups is 1. The zero-order chi connectivity index (χ0) is 12.8. The fourth-order valence-electron chi connectivity index (χ4n) is 1.62. The van der Waals surface area contributed by atoms with Gasteiger partial charge in [0.2, 0.25) is 0 Å². The number of anilines is 1. The van der Waals surface area contributed by atoms with E-state index >= 15 is 0 Å². The fraction of sp³-hybridized carbons (Fsp3) is 0.417. The van der Waals surface area contributed by atoms with E-state index in [1.54, 1.807) is 10.9 Å². The first-order chi connectivity index (χ1) is 8.79. The van der Waals surface area contributed by atoms with Gasteiger partial charge in [0, 0.05) is 19.3 Å². The quantitative estimate of drug-likeness (QED) is 0.795. The maximum atomic E-state index is 8.74. The van der Waals surface area contributed by atoms with E-state index in [2.05, 4.69) is 20.6 Å². The molecular formula is C12H17N5O. The monoisotopic (exact) mass is 247 g/mol. The Morgan fingerprint density at radius 3 is 3.11 bits per heavy atom. The molecule has 0 saturated heterocycles. The van der Waals surface area contributed by atoms with Gasteiger partial charge in [-0.05, 0) is 25.5 Å². The van der Waals surface area contributed by atoms with Gasteiger partial charge in [0.05, 0.1) is 24.1 Å². The highest BCUT2D eigenvalue weighted by Gasteiger charge is 2.02. The van der Waals surface area contributed by atoms with Crippen LogP contribution in [0.25, 0.3) is 0 Å². The summed E-state index contributed by atoms with van der Waals surface area (Å²) in [5, 5.41) is 20.1. The van der Waals surface area contributed by atoms with Crippen LogP contribution in [0.1, 0.15) is 17.8 Å². The van der Waals surface area contributed by atoms with Crippen molar-refractivity contribution in [2.45, 2.75) is 26.4 Å². The van der Waals surface area contributed by atoms with Gasteiger partial charge >= 0.3 is 0 Å². The summed E-state index contributed by atoms with van der Waals surface area (Å²) in [7, 11) is 0. The summed E-state index contributed by atoms with van der Waals surface area (Å²) in [6.07, 6.45) is 4.35. The number of hydrogen-bond donors (Lipinski definition) is 2. The van der Waals surface area contributed by atoms with E-state index in [1.807, 2.05) is 25.3 Å². The second-order valence-corrected chi connectivity index (χ2v) is 4.04. The van der Waals surface area contributed by atoms with Crippen molar-refractivity contribution in [3.8, 4) is 0 Å². The molecule has 0 atom stereocenters. The SMILES string of the molecule is Cc1ncccc1NCc1cn(CCCO)nn1. The van der Waals surface area contributed by atoms with Crippen molar-refractivity contribution in [1.82, 2.24) is 20.0 Å². The molecule has 0 amide bonds. The molecule has 2 heterocycles. The molecule has 0 radical (unpaired) electrons. The minimum absolute atomic E-state index is 0.169. The van der Waals surface area contributed by atoms with Gasteiger partial charge in [0.15, 0.2) is 0 Å². The molecule has 0 bridgehead atoms. The average Bonchev–Trinajstić information content (AvgIpc) is 2.83. The lowest BCUT2D eigenvalue weighted by molar-refractivity contribution is 0.276. The summed E-state index contributed by atoms with van der Waals surface area (Å²) in [5.41, 5.74) is 2.84. The third-order valence-corrected chi connectivity index (χ3v) is 2.60. The number of aliphatic hydroxyl groups excluding tert-OH is 1. The first kappa shape index (κ1) is 12.5. The van der Waals surface area contributed by atoms with Gasteiger partial charge < -0.3 is 10.4 Å². The summed E-state index contributed by atoms with van der Waals surface area (Å²) in [5.74, 6) is 0. The zero-order valence-corrected chi connectivity index (χ0v) is 10.4. The predicted octanol–water partition coefficient (Wildman–Crippen LogP) is 0.976. The predicted molar refractivity (Wildman–Crippen MR) is 68.0 cm³/mol. The van der Waals surface area contributed by atoms with Crippen molar-refractivity contribution in [2.24, 2.45) is 0 Å². The van der Waals surface area contributed by atoms with E-state index in [9.17, 15) is 0 Å². The molecule has 0 saturated carbocycles. The van der Waals surface area contributed by atoms with Crippen LogP contribution in [0, 0.1) is 6.92 Å². The van der Waals surface area contributed by atoms with Crippen LogP contribution >= 0.6 is 0 Å². The van der Waals surface area contributed by atoms with Crippen molar-refractivity contribution in [3.63, 3.8) is 0 Å². The minimum atomic E-state index is 0.169. The third kappa shape index (κ3) is 3.27. The van der Waals surface area contributed by atoms with Gasteiger partial charge in [-0.1, -0.05) is 5.21 Å². The first-order valence-electron chi connectivity index (χ1n) is 5.95. The van der Waals surface area contributed by atoms with E-state index in [0.717, 1.165) is 17.1 Å². The van der Waals surface area contributed by atoms with E-state index in [4.69, 9.17) is 5.11 Å². The van der Waals surface area contributed by atoms with Crippen molar-refractivity contribution in [3.05, 3.63) is 35.9 Å². The van der Waals surface area contributed by atoms with Gasteiger partial charge in [-0.25, -0.2) is 0 Å². The highest BCUT2D eigenvalue weighted by molar-refractivity contribution is 5.46. The highest BCUT2D eigenvalue weighted by Crippen LogP contribution is 2.11. The number of pyridine rings is 1. The summed E-state index contributed by atoms with van der Waals surface area (Å²) in [4.78, 5) is 4.21. The summed E-state index contributed by atoms with van der Waals surface area (Å²) in [6, 6.07) is 3.88. The molecule has 2 aromatic heterocycles. The standard InChI is InChI=1S/C12H17N5O/c1-10-12(4-2-5-13-10)14-8-11-9-17(16-15-11)6-3-7-18/h2,4-5,9,14,18H,3,6-8H2,1H3. The molecule has 0 aliphatic carbocycles. The highest BCUT2D eigenvalue weighted by atomic mass is 16.3. The molecule has 0 spiro atoms. The Labute approximate surface area is 106 Å². The molecule has 6 heteroatoms. The smallest absolute Gasteiger partial charge is 0.102 e. The maximum absolute atomic E-state index is 8.74. The first-order valence-corrected chi connectivity index (χ1v) is 5.95. The lowest BCUT2D eigenvalue weighted by atomic mass is 10.3. The Kier molecular flexibility index (Phi) is 4.25. The summed E-state index contributed by atoms with van der Waals surface area (Å²) in [6.45, 7) is 3.43. The number of hydrogen-bond acceptors (Lipinski definition) is 5. The molecule has 18 heavy (non-hydrogen) atoms. The second-order valence-electron chi connectivity index (χ2n) is 4.04. The van der Waals surface area contributed by atoms with Crippen LogP contribution in [0.15, 0.2) is 24.5 Å². The Balaban J connectivity index is 1.90. The normalized spacial score (nSPS) is 10.6. The van der Waals surface area contributed by atoms with Gasteiger partial charge in [-0.15, -0.1) is 5.10 Å². The second kappa shape index (κ2) is 6.11. The maximum Gasteiger partial charge on any atom is 0.102 e. The molecule has 96 valence electrons. The molecule has 6 nitrogen and oxygen atoms in total. The molecule has 0 aliphatic rings. The van der Waals surface area contributed by atoms with Gasteiger partial charge in [-0.3, -0.25) is 9.67 Å². The largest absolute Gasteiger partial charge is 0.396 e. The Hall–Kier alpha value is -1.95. The van der Waals surface area contributed by atoms with Gasteiger partial charge in [0.1, 0.15) is 5.69 Å². The lowest BCUT2D eigenvalue weighted by Crippen LogP contribution is -2.02. The van der Waals surface area contributed by atoms with Crippen LogP contribution < -0.4 is 5.32 Å². The van der Waals surface area contributed by atoms with Crippen LogP contribution in [0.4, 0.5) is 5.69 Å².